The molecule has 27 heavy (non-hydrogen) atoms. The summed E-state index contributed by atoms with van der Waals surface area (Å²) in [5.41, 5.74) is 2.24. The van der Waals surface area contributed by atoms with Gasteiger partial charge in [-0.1, -0.05) is 45.0 Å². The number of carbonyl (C=O) groups is 1. The molecule has 0 unspecified atom stereocenters. The molecule has 7 heteroatoms. The fourth-order valence-corrected chi connectivity index (χ4v) is 3.59. The molecule has 0 radical (unpaired) electrons. The van der Waals surface area contributed by atoms with Crippen molar-refractivity contribution in [3.05, 3.63) is 59.2 Å². The van der Waals surface area contributed by atoms with Crippen LogP contribution in [0.15, 0.2) is 47.4 Å². The van der Waals surface area contributed by atoms with Crippen LogP contribution >= 0.6 is 0 Å². The third-order valence-corrected chi connectivity index (χ3v) is 5.64. The van der Waals surface area contributed by atoms with E-state index in [9.17, 15) is 13.2 Å². The topological polar surface area (TPSA) is 84.5 Å². The molecule has 0 aliphatic heterocycles. The Morgan fingerprint density at radius 2 is 1.70 bits per heavy atom. The van der Waals surface area contributed by atoms with Gasteiger partial charge in [0.25, 0.3) is 5.91 Å². The quantitative estimate of drug-likeness (QED) is 0.794. The fourth-order valence-electron chi connectivity index (χ4n) is 2.55. The molecule has 0 saturated carbocycles. The number of sulfonamides is 1. The van der Waals surface area contributed by atoms with Crippen LogP contribution in [0.3, 0.4) is 0 Å². The third kappa shape index (κ3) is 5.08. The molecule has 0 fully saturated rings. The summed E-state index contributed by atoms with van der Waals surface area (Å²) in [6.07, 6.45) is 0. The summed E-state index contributed by atoms with van der Waals surface area (Å²) >= 11 is 0. The first-order valence-corrected chi connectivity index (χ1v) is 10.1. The van der Waals surface area contributed by atoms with Crippen LogP contribution in [0.5, 0.6) is 5.75 Å². The molecule has 0 saturated heterocycles. The van der Waals surface area contributed by atoms with Gasteiger partial charge in [-0.3, -0.25) is 4.79 Å². The van der Waals surface area contributed by atoms with Crippen LogP contribution in [0.4, 0.5) is 0 Å². The highest BCUT2D eigenvalue weighted by Crippen LogP contribution is 2.24. The molecule has 2 N–H and O–H groups in total. The molecular formula is C20H26N2O4S. The zero-order valence-corrected chi connectivity index (χ0v) is 17.1. The summed E-state index contributed by atoms with van der Waals surface area (Å²) in [6, 6.07) is 12.0. The van der Waals surface area contributed by atoms with E-state index in [4.69, 9.17) is 4.74 Å². The summed E-state index contributed by atoms with van der Waals surface area (Å²) < 4.78 is 32.9. The number of nitrogens with one attached hydrogen (secondary N) is 2. The Kier molecular flexibility index (Phi) is 6.28. The van der Waals surface area contributed by atoms with Crippen molar-refractivity contribution in [3.8, 4) is 5.75 Å². The van der Waals surface area contributed by atoms with Gasteiger partial charge in [-0.05, 0) is 34.7 Å². The number of ether oxygens (including phenoxy) is 1. The van der Waals surface area contributed by atoms with E-state index >= 15 is 0 Å². The van der Waals surface area contributed by atoms with E-state index < -0.39 is 15.9 Å². The Morgan fingerprint density at radius 3 is 2.22 bits per heavy atom. The fraction of sp³-hybridized carbons (Fsp3) is 0.350. The zero-order valence-electron chi connectivity index (χ0n) is 16.3. The molecule has 0 spiro atoms. The maximum absolute atomic E-state index is 12.6. The Labute approximate surface area is 161 Å². The smallest absolute Gasteiger partial charge is 0.254 e. The Hall–Kier alpha value is -2.38. The maximum atomic E-state index is 12.6. The molecule has 0 atom stereocenters. The predicted octanol–water partition coefficient (Wildman–Crippen LogP) is 2.83. The SMILES string of the molecule is CNC(=O)c1cc(S(=O)(=O)NCc2ccc(C(C)(C)C)cc2)ccc1OC. The van der Waals surface area contributed by atoms with E-state index in [1.807, 2.05) is 24.3 Å². The molecule has 0 aliphatic carbocycles. The average Bonchev–Trinajstić information content (AvgIpc) is 2.64. The minimum atomic E-state index is -3.77. The van der Waals surface area contributed by atoms with Crippen molar-refractivity contribution in [3.63, 3.8) is 0 Å². The van der Waals surface area contributed by atoms with Crippen molar-refractivity contribution in [2.24, 2.45) is 0 Å². The second-order valence-electron chi connectivity index (χ2n) is 7.21. The van der Waals surface area contributed by atoms with Gasteiger partial charge < -0.3 is 10.1 Å². The summed E-state index contributed by atoms with van der Waals surface area (Å²) in [5, 5.41) is 2.48. The lowest BCUT2D eigenvalue weighted by Gasteiger charge is -2.19. The molecular weight excluding hydrogens is 364 g/mol. The second-order valence-corrected chi connectivity index (χ2v) is 8.98. The van der Waals surface area contributed by atoms with Crippen LogP contribution in [-0.2, 0) is 22.0 Å². The molecule has 2 aromatic carbocycles. The lowest BCUT2D eigenvalue weighted by molar-refractivity contribution is 0.0960. The van der Waals surface area contributed by atoms with E-state index in [1.165, 1.54) is 37.9 Å². The van der Waals surface area contributed by atoms with Gasteiger partial charge in [-0.2, -0.15) is 0 Å². The number of hydrogen-bond donors (Lipinski definition) is 2. The first kappa shape index (κ1) is 20.9. The number of hydrogen-bond acceptors (Lipinski definition) is 4. The maximum Gasteiger partial charge on any atom is 0.254 e. The van der Waals surface area contributed by atoms with Gasteiger partial charge in [0.2, 0.25) is 10.0 Å². The van der Waals surface area contributed by atoms with Crippen LogP contribution in [0, 0.1) is 0 Å². The lowest BCUT2D eigenvalue weighted by Crippen LogP contribution is -2.24. The van der Waals surface area contributed by atoms with Gasteiger partial charge in [-0.25, -0.2) is 13.1 Å². The monoisotopic (exact) mass is 390 g/mol. The molecule has 2 rings (SSSR count). The van der Waals surface area contributed by atoms with Crippen molar-refractivity contribution in [1.29, 1.82) is 0 Å². The third-order valence-electron chi connectivity index (χ3n) is 4.24. The second kappa shape index (κ2) is 8.10. The molecule has 0 aliphatic rings. The largest absolute Gasteiger partial charge is 0.496 e. The summed E-state index contributed by atoms with van der Waals surface area (Å²) in [4.78, 5) is 12.0. The van der Waals surface area contributed by atoms with Crippen molar-refractivity contribution in [2.45, 2.75) is 37.6 Å². The normalized spacial score (nSPS) is 11.9. The van der Waals surface area contributed by atoms with Crippen molar-refractivity contribution in [1.82, 2.24) is 10.0 Å². The van der Waals surface area contributed by atoms with Gasteiger partial charge in [0.15, 0.2) is 0 Å². The van der Waals surface area contributed by atoms with E-state index in [2.05, 4.69) is 30.8 Å². The first-order chi connectivity index (χ1) is 12.6. The number of benzene rings is 2. The first-order valence-electron chi connectivity index (χ1n) is 8.57. The number of methoxy groups -OCH3 is 1. The zero-order chi connectivity index (χ0) is 20.2. The van der Waals surface area contributed by atoms with Gasteiger partial charge in [0.05, 0.1) is 17.6 Å². The van der Waals surface area contributed by atoms with Crippen molar-refractivity contribution >= 4 is 15.9 Å². The van der Waals surface area contributed by atoms with Gasteiger partial charge in [0.1, 0.15) is 5.75 Å². The van der Waals surface area contributed by atoms with Crippen LogP contribution < -0.4 is 14.8 Å². The van der Waals surface area contributed by atoms with Crippen LogP contribution in [-0.4, -0.2) is 28.5 Å². The van der Waals surface area contributed by atoms with Crippen molar-refractivity contribution < 1.29 is 17.9 Å². The van der Waals surface area contributed by atoms with Crippen LogP contribution in [0.2, 0.25) is 0 Å². The summed E-state index contributed by atoms with van der Waals surface area (Å²) in [5.74, 6) is -0.104. The molecule has 146 valence electrons. The highest BCUT2D eigenvalue weighted by atomic mass is 32.2. The number of amides is 1. The molecule has 6 nitrogen and oxygen atoms in total. The predicted molar refractivity (Wildman–Crippen MR) is 106 cm³/mol. The minimum Gasteiger partial charge on any atom is -0.496 e. The van der Waals surface area contributed by atoms with Crippen LogP contribution in [0.1, 0.15) is 42.3 Å². The van der Waals surface area contributed by atoms with Gasteiger partial charge >= 0.3 is 0 Å². The summed E-state index contributed by atoms with van der Waals surface area (Å²) in [6.45, 7) is 6.53. The highest BCUT2D eigenvalue weighted by molar-refractivity contribution is 7.89. The highest BCUT2D eigenvalue weighted by Gasteiger charge is 2.19. The van der Waals surface area contributed by atoms with Gasteiger partial charge in [0, 0.05) is 13.6 Å². The Balaban J connectivity index is 2.20. The number of rotatable bonds is 6. The van der Waals surface area contributed by atoms with Crippen molar-refractivity contribution in [2.75, 3.05) is 14.2 Å². The lowest BCUT2D eigenvalue weighted by atomic mass is 9.87. The van der Waals surface area contributed by atoms with E-state index in [0.717, 1.165) is 5.56 Å². The molecule has 0 heterocycles. The minimum absolute atomic E-state index is 0.00760. The van der Waals surface area contributed by atoms with Gasteiger partial charge in [-0.15, -0.1) is 0 Å². The molecule has 0 aromatic heterocycles. The van der Waals surface area contributed by atoms with Crippen LogP contribution in [0.25, 0.3) is 0 Å². The molecule has 0 bridgehead atoms. The average molecular weight is 391 g/mol. The Morgan fingerprint density at radius 1 is 1.07 bits per heavy atom. The Bertz CT molecular complexity index is 914. The molecule has 2 aromatic rings. The van der Waals surface area contributed by atoms with E-state index in [-0.39, 0.29) is 22.4 Å². The summed E-state index contributed by atoms with van der Waals surface area (Å²) in [7, 11) is -0.871. The number of carbonyl (C=O) groups excluding carboxylic acids is 1. The van der Waals surface area contributed by atoms with E-state index in [1.54, 1.807) is 0 Å². The van der Waals surface area contributed by atoms with E-state index in [0.29, 0.717) is 5.75 Å². The standard InChI is InChI=1S/C20H26N2O4S/c1-20(2,3)15-8-6-14(7-9-15)13-22-27(24,25)16-10-11-18(26-5)17(12-16)19(23)21-4/h6-12,22H,13H2,1-5H3,(H,21,23). The molecule has 1 amide bonds.